The van der Waals surface area contributed by atoms with Gasteiger partial charge in [-0.1, -0.05) is 6.42 Å². The van der Waals surface area contributed by atoms with Crippen molar-refractivity contribution in [2.24, 2.45) is 0 Å². The average Bonchev–Trinajstić information content (AvgIpc) is 2.56. The molecule has 3 rings (SSSR count). The number of halogens is 1. The first-order chi connectivity index (χ1) is 10.3. The summed E-state index contributed by atoms with van der Waals surface area (Å²) < 4.78 is 13.6. The smallest absolute Gasteiger partial charge is 0.258 e. The SMILES string of the molecule is O=C(c1cccnc1F)N1CCC(N2CCCCC2)CC1. The number of carbonyl (C=O) groups excluding carboxylic acids is 1. The molecule has 0 aliphatic carbocycles. The van der Waals surface area contributed by atoms with Crippen molar-refractivity contribution in [2.45, 2.75) is 38.1 Å². The van der Waals surface area contributed by atoms with E-state index in [0.29, 0.717) is 19.1 Å². The van der Waals surface area contributed by atoms with E-state index in [2.05, 4.69) is 9.88 Å². The van der Waals surface area contributed by atoms with Gasteiger partial charge in [0.1, 0.15) is 0 Å². The second-order valence-corrected chi connectivity index (χ2v) is 5.96. The van der Waals surface area contributed by atoms with Crippen LogP contribution in [0, 0.1) is 5.95 Å². The molecule has 0 radical (unpaired) electrons. The second-order valence-electron chi connectivity index (χ2n) is 5.96. The van der Waals surface area contributed by atoms with Gasteiger partial charge in [-0.15, -0.1) is 0 Å². The number of piperidine rings is 2. The fourth-order valence-corrected chi connectivity index (χ4v) is 3.43. The summed E-state index contributed by atoms with van der Waals surface area (Å²) in [6.45, 7) is 3.81. The number of aromatic nitrogens is 1. The molecule has 0 N–H and O–H groups in total. The van der Waals surface area contributed by atoms with Crippen LogP contribution in [0.15, 0.2) is 18.3 Å². The molecule has 4 nitrogen and oxygen atoms in total. The van der Waals surface area contributed by atoms with Gasteiger partial charge in [0, 0.05) is 25.3 Å². The predicted molar refractivity (Wildman–Crippen MR) is 78.5 cm³/mol. The van der Waals surface area contributed by atoms with Crippen molar-refractivity contribution in [2.75, 3.05) is 26.2 Å². The first kappa shape index (κ1) is 14.4. The third-order valence-corrected chi connectivity index (χ3v) is 4.65. The van der Waals surface area contributed by atoms with Crippen LogP contribution in [0.4, 0.5) is 4.39 Å². The molecule has 0 unspecified atom stereocenters. The predicted octanol–water partition coefficient (Wildman–Crippen LogP) is 2.31. The molecule has 3 heterocycles. The van der Waals surface area contributed by atoms with Gasteiger partial charge in [-0.3, -0.25) is 4.79 Å². The molecule has 1 aromatic heterocycles. The summed E-state index contributed by atoms with van der Waals surface area (Å²) in [4.78, 5) is 20.2. The summed E-state index contributed by atoms with van der Waals surface area (Å²) in [5.41, 5.74) is 0.0916. The van der Waals surface area contributed by atoms with Crippen molar-refractivity contribution >= 4 is 5.91 Å². The zero-order valence-corrected chi connectivity index (χ0v) is 12.3. The second kappa shape index (κ2) is 6.52. The molecule has 0 spiro atoms. The molecular formula is C16H22FN3O. The van der Waals surface area contributed by atoms with Crippen LogP contribution >= 0.6 is 0 Å². The highest BCUT2D eigenvalue weighted by atomic mass is 19.1. The molecule has 0 saturated carbocycles. The molecule has 0 aromatic carbocycles. The molecule has 0 atom stereocenters. The summed E-state index contributed by atoms with van der Waals surface area (Å²) >= 11 is 0. The zero-order valence-electron chi connectivity index (χ0n) is 12.3. The van der Waals surface area contributed by atoms with Crippen LogP contribution in [0.2, 0.25) is 0 Å². The monoisotopic (exact) mass is 291 g/mol. The molecule has 114 valence electrons. The zero-order chi connectivity index (χ0) is 14.7. The highest BCUT2D eigenvalue weighted by Gasteiger charge is 2.28. The molecule has 21 heavy (non-hydrogen) atoms. The lowest BCUT2D eigenvalue weighted by atomic mass is 9.99. The normalized spacial score (nSPS) is 21.5. The topological polar surface area (TPSA) is 36.4 Å². The molecule has 2 aliphatic heterocycles. The van der Waals surface area contributed by atoms with E-state index in [1.165, 1.54) is 44.6 Å². The number of hydrogen-bond acceptors (Lipinski definition) is 3. The Morgan fingerprint density at radius 1 is 1.14 bits per heavy atom. The third kappa shape index (κ3) is 3.23. The first-order valence-corrected chi connectivity index (χ1v) is 7.89. The molecule has 0 bridgehead atoms. The van der Waals surface area contributed by atoms with Gasteiger partial charge in [0.15, 0.2) is 0 Å². The number of pyridine rings is 1. The third-order valence-electron chi connectivity index (χ3n) is 4.65. The average molecular weight is 291 g/mol. The van der Waals surface area contributed by atoms with E-state index in [-0.39, 0.29) is 11.5 Å². The van der Waals surface area contributed by atoms with E-state index < -0.39 is 5.95 Å². The number of rotatable bonds is 2. The minimum absolute atomic E-state index is 0.0916. The number of nitrogens with zero attached hydrogens (tertiary/aromatic N) is 3. The van der Waals surface area contributed by atoms with E-state index in [9.17, 15) is 9.18 Å². The van der Waals surface area contributed by atoms with Gasteiger partial charge in [-0.25, -0.2) is 4.98 Å². The van der Waals surface area contributed by atoms with Crippen molar-refractivity contribution in [3.05, 3.63) is 29.8 Å². The van der Waals surface area contributed by atoms with E-state index >= 15 is 0 Å². The van der Waals surface area contributed by atoms with E-state index in [4.69, 9.17) is 0 Å². The van der Waals surface area contributed by atoms with Gasteiger partial charge in [0.05, 0.1) is 5.56 Å². The fourth-order valence-electron chi connectivity index (χ4n) is 3.43. The number of carbonyl (C=O) groups is 1. The maximum absolute atomic E-state index is 13.6. The fraction of sp³-hybridized carbons (Fsp3) is 0.625. The number of hydrogen-bond donors (Lipinski definition) is 0. The Hall–Kier alpha value is -1.49. The number of amides is 1. The first-order valence-electron chi connectivity index (χ1n) is 7.89. The van der Waals surface area contributed by atoms with Crippen LogP contribution in [-0.2, 0) is 0 Å². The molecule has 1 amide bonds. The lowest BCUT2D eigenvalue weighted by Gasteiger charge is -2.40. The molecule has 2 aliphatic rings. The maximum atomic E-state index is 13.6. The van der Waals surface area contributed by atoms with Gasteiger partial charge in [-0.05, 0) is 50.9 Å². The van der Waals surface area contributed by atoms with Gasteiger partial charge in [0.25, 0.3) is 5.91 Å². The molecule has 1 aromatic rings. The van der Waals surface area contributed by atoms with Gasteiger partial charge >= 0.3 is 0 Å². The van der Waals surface area contributed by atoms with Crippen LogP contribution in [0.1, 0.15) is 42.5 Å². The van der Waals surface area contributed by atoms with Crippen molar-refractivity contribution < 1.29 is 9.18 Å². The molecule has 5 heteroatoms. The van der Waals surface area contributed by atoms with Crippen LogP contribution < -0.4 is 0 Å². The van der Waals surface area contributed by atoms with Crippen molar-refractivity contribution in [1.29, 1.82) is 0 Å². The lowest BCUT2D eigenvalue weighted by Crippen LogP contribution is -2.48. The van der Waals surface area contributed by atoms with Gasteiger partial charge in [-0.2, -0.15) is 4.39 Å². The van der Waals surface area contributed by atoms with E-state index in [1.807, 2.05) is 0 Å². The largest absolute Gasteiger partial charge is 0.338 e. The Morgan fingerprint density at radius 2 is 1.86 bits per heavy atom. The van der Waals surface area contributed by atoms with Crippen LogP contribution in [0.3, 0.4) is 0 Å². The van der Waals surface area contributed by atoms with Crippen molar-refractivity contribution in [3.8, 4) is 0 Å². The summed E-state index contributed by atoms with van der Waals surface area (Å²) in [6, 6.07) is 3.71. The molecule has 2 fully saturated rings. The van der Waals surface area contributed by atoms with Gasteiger partial charge in [0.2, 0.25) is 5.95 Å². The molecular weight excluding hydrogens is 269 g/mol. The van der Waals surface area contributed by atoms with Crippen LogP contribution in [0.25, 0.3) is 0 Å². The summed E-state index contributed by atoms with van der Waals surface area (Å²) in [5, 5.41) is 0. The Labute approximate surface area is 125 Å². The Balaban J connectivity index is 1.58. The Bertz CT molecular complexity index is 494. The number of likely N-dealkylation sites (tertiary alicyclic amines) is 2. The van der Waals surface area contributed by atoms with Crippen molar-refractivity contribution in [3.63, 3.8) is 0 Å². The van der Waals surface area contributed by atoms with Crippen LogP contribution in [0.5, 0.6) is 0 Å². The lowest BCUT2D eigenvalue weighted by molar-refractivity contribution is 0.0585. The van der Waals surface area contributed by atoms with Gasteiger partial charge < -0.3 is 9.80 Å². The van der Waals surface area contributed by atoms with E-state index in [1.54, 1.807) is 11.0 Å². The summed E-state index contributed by atoms with van der Waals surface area (Å²) in [5.74, 6) is -0.890. The minimum atomic E-state index is -0.666. The Kier molecular flexibility index (Phi) is 4.48. The van der Waals surface area contributed by atoms with Crippen molar-refractivity contribution in [1.82, 2.24) is 14.8 Å². The van der Waals surface area contributed by atoms with E-state index in [0.717, 1.165) is 12.8 Å². The highest BCUT2D eigenvalue weighted by Crippen LogP contribution is 2.22. The summed E-state index contributed by atoms with van der Waals surface area (Å²) in [7, 11) is 0. The Morgan fingerprint density at radius 3 is 2.52 bits per heavy atom. The summed E-state index contributed by atoms with van der Waals surface area (Å²) in [6.07, 6.45) is 7.28. The maximum Gasteiger partial charge on any atom is 0.258 e. The quantitative estimate of drug-likeness (QED) is 0.785. The molecule has 2 saturated heterocycles. The standard InChI is InChI=1S/C16H22FN3O/c17-15-14(5-4-8-18-15)16(21)20-11-6-13(7-12-20)19-9-2-1-3-10-19/h4-5,8,13H,1-3,6-7,9-12H2. The van der Waals surface area contributed by atoms with Crippen LogP contribution in [-0.4, -0.2) is 52.9 Å². The minimum Gasteiger partial charge on any atom is -0.338 e. The highest BCUT2D eigenvalue weighted by molar-refractivity contribution is 5.94.